The Labute approximate surface area is 202 Å². The van der Waals surface area contributed by atoms with Gasteiger partial charge in [0, 0.05) is 18.0 Å². The summed E-state index contributed by atoms with van der Waals surface area (Å²) in [6.07, 6.45) is 1.47. The van der Waals surface area contributed by atoms with Crippen molar-refractivity contribution in [2.24, 2.45) is 0 Å². The normalized spacial score (nSPS) is 10.9. The molecule has 1 amide bonds. The fourth-order valence-corrected chi connectivity index (χ4v) is 5.10. The van der Waals surface area contributed by atoms with Crippen LogP contribution in [0, 0.1) is 6.92 Å². The number of hydrogen-bond acceptors (Lipinski definition) is 6. The van der Waals surface area contributed by atoms with Gasteiger partial charge in [0.25, 0.3) is 5.56 Å². The summed E-state index contributed by atoms with van der Waals surface area (Å²) in [6.45, 7) is 4.69. The third-order valence-corrected chi connectivity index (χ3v) is 7.06. The summed E-state index contributed by atoms with van der Waals surface area (Å²) in [5, 5.41) is 0.571. The van der Waals surface area contributed by atoms with Crippen LogP contribution < -0.4 is 15.0 Å². The molecule has 0 N–H and O–H groups in total. The summed E-state index contributed by atoms with van der Waals surface area (Å²) < 4.78 is 12.1. The van der Waals surface area contributed by atoms with E-state index in [9.17, 15) is 9.59 Å². The molecule has 0 saturated heterocycles. The number of carbonyl (C=O) groups is 1. The number of aromatic nitrogens is 2. The molecule has 0 aliphatic rings. The summed E-state index contributed by atoms with van der Waals surface area (Å²) in [5.74, 6) is 1.08. The van der Waals surface area contributed by atoms with Crippen LogP contribution in [0.15, 0.2) is 59.7 Å². The van der Waals surface area contributed by atoms with Crippen molar-refractivity contribution in [3.05, 3.63) is 76.3 Å². The molecule has 4 aromatic rings. The number of nitrogens with zero attached hydrogens (tertiary/aromatic N) is 3. The molecular formula is C26H27N3O4S. The Kier molecular flexibility index (Phi) is 6.98. The van der Waals surface area contributed by atoms with Gasteiger partial charge < -0.3 is 14.4 Å². The first-order chi connectivity index (χ1) is 16.5. The molecule has 0 aliphatic carbocycles. The topological polar surface area (TPSA) is 73.7 Å². The van der Waals surface area contributed by atoms with Gasteiger partial charge in [0.2, 0.25) is 5.91 Å². The molecule has 2 heterocycles. The number of benzene rings is 2. The van der Waals surface area contributed by atoms with E-state index in [1.165, 1.54) is 22.2 Å². The van der Waals surface area contributed by atoms with E-state index in [4.69, 9.17) is 9.47 Å². The van der Waals surface area contributed by atoms with Gasteiger partial charge >= 0.3 is 0 Å². The van der Waals surface area contributed by atoms with Gasteiger partial charge in [0.15, 0.2) is 11.5 Å². The van der Waals surface area contributed by atoms with Crippen molar-refractivity contribution in [3.8, 4) is 21.9 Å². The van der Waals surface area contributed by atoms with E-state index in [2.05, 4.69) is 4.98 Å². The lowest BCUT2D eigenvalue weighted by atomic mass is 10.1. The Balaban J connectivity index is 1.59. The third kappa shape index (κ3) is 4.54. The molecule has 7 nitrogen and oxygen atoms in total. The molecule has 4 rings (SSSR count). The second kappa shape index (κ2) is 10.1. The van der Waals surface area contributed by atoms with Crippen LogP contribution in [-0.2, 0) is 17.9 Å². The van der Waals surface area contributed by atoms with Crippen molar-refractivity contribution in [1.82, 2.24) is 14.5 Å². The van der Waals surface area contributed by atoms with E-state index in [-0.39, 0.29) is 18.0 Å². The smallest absolute Gasteiger partial charge is 0.262 e. The number of methoxy groups -OCH3 is 2. The van der Waals surface area contributed by atoms with Gasteiger partial charge in [-0.3, -0.25) is 14.2 Å². The number of amides is 1. The monoisotopic (exact) mass is 477 g/mol. The van der Waals surface area contributed by atoms with Crippen LogP contribution in [0.1, 0.15) is 18.1 Å². The van der Waals surface area contributed by atoms with Crippen molar-refractivity contribution in [3.63, 3.8) is 0 Å². The van der Waals surface area contributed by atoms with E-state index in [1.807, 2.05) is 62.4 Å². The average molecular weight is 478 g/mol. The van der Waals surface area contributed by atoms with Crippen molar-refractivity contribution >= 4 is 27.5 Å². The molecule has 2 aromatic heterocycles. The predicted octanol–water partition coefficient (Wildman–Crippen LogP) is 4.50. The first kappa shape index (κ1) is 23.5. The van der Waals surface area contributed by atoms with E-state index < -0.39 is 0 Å². The molecule has 0 saturated carbocycles. The molecule has 0 atom stereocenters. The molecule has 0 aliphatic heterocycles. The largest absolute Gasteiger partial charge is 0.493 e. The zero-order chi connectivity index (χ0) is 24.2. The number of likely N-dealkylation sites (N-methyl/N-ethyl adjacent to an activating group) is 1. The summed E-state index contributed by atoms with van der Waals surface area (Å²) in [6, 6.07) is 15.5. The highest BCUT2D eigenvalue weighted by Gasteiger charge is 2.19. The number of ether oxygens (including phenoxy) is 2. The van der Waals surface area contributed by atoms with Gasteiger partial charge in [0.05, 0.1) is 25.9 Å². The highest BCUT2D eigenvalue weighted by molar-refractivity contribution is 7.22. The van der Waals surface area contributed by atoms with Crippen LogP contribution in [0.25, 0.3) is 20.7 Å². The third-order valence-electron chi connectivity index (χ3n) is 5.81. The van der Waals surface area contributed by atoms with Gasteiger partial charge in [-0.1, -0.05) is 36.4 Å². The number of thiophene rings is 1. The standard InChI is InChI=1S/C26H27N3O4S/c1-5-28(14-18-11-12-20(32-3)21(13-18)33-4)22(30)15-29-16-27-25-23(26(29)31)17(2)24(34-25)19-9-7-6-8-10-19/h6-13,16H,5,14-15H2,1-4H3. The van der Waals surface area contributed by atoms with E-state index >= 15 is 0 Å². The number of rotatable bonds is 8. The van der Waals surface area contributed by atoms with E-state index in [0.717, 1.165) is 21.6 Å². The van der Waals surface area contributed by atoms with Crippen molar-refractivity contribution < 1.29 is 14.3 Å². The number of carbonyl (C=O) groups excluding carboxylic acids is 1. The molecule has 34 heavy (non-hydrogen) atoms. The molecule has 0 radical (unpaired) electrons. The SMILES string of the molecule is CCN(Cc1ccc(OC)c(OC)c1)C(=O)Cn1cnc2sc(-c3ccccc3)c(C)c2c1=O. The Hall–Kier alpha value is -3.65. The summed E-state index contributed by atoms with van der Waals surface area (Å²) in [7, 11) is 3.16. The Bertz CT molecular complexity index is 1380. The van der Waals surface area contributed by atoms with Crippen LogP contribution in [0.5, 0.6) is 11.5 Å². The molecule has 8 heteroatoms. The zero-order valence-corrected chi connectivity index (χ0v) is 20.5. The maximum Gasteiger partial charge on any atom is 0.262 e. The Morgan fingerprint density at radius 3 is 2.50 bits per heavy atom. The van der Waals surface area contributed by atoms with Gasteiger partial charge in [-0.05, 0) is 42.7 Å². The van der Waals surface area contributed by atoms with Gasteiger partial charge in [-0.25, -0.2) is 4.98 Å². The van der Waals surface area contributed by atoms with Crippen LogP contribution in [-0.4, -0.2) is 41.1 Å². The lowest BCUT2D eigenvalue weighted by Gasteiger charge is -2.22. The lowest BCUT2D eigenvalue weighted by Crippen LogP contribution is -2.36. The van der Waals surface area contributed by atoms with Crippen LogP contribution in [0.3, 0.4) is 0 Å². The van der Waals surface area contributed by atoms with E-state index in [0.29, 0.717) is 34.8 Å². The first-order valence-electron chi connectivity index (χ1n) is 11.0. The quantitative estimate of drug-likeness (QED) is 0.374. The van der Waals surface area contributed by atoms with Crippen molar-refractivity contribution in [2.45, 2.75) is 26.9 Å². The highest BCUT2D eigenvalue weighted by Crippen LogP contribution is 2.35. The highest BCUT2D eigenvalue weighted by atomic mass is 32.1. The molecule has 2 aromatic carbocycles. The zero-order valence-electron chi connectivity index (χ0n) is 19.7. The summed E-state index contributed by atoms with van der Waals surface area (Å²) in [4.78, 5) is 34.3. The lowest BCUT2D eigenvalue weighted by molar-refractivity contribution is -0.132. The second-order valence-corrected chi connectivity index (χ2v) is 8.88. The van der Waals surface area contributed by atoms with Gasteiger partial charge in [-0.15, -0.1) is 11.3 Å². The average Bonchev–Trinajstić information content (AvgIpc) is 3.21. The van der Waals surface area contributed by atoms with E-state index in [1.54, 1.807) is 19.1 Å². The number of hydrogen-bond donors (Lipinski definition) is 0. The molecule has 0 bridgehead atoms. The van der Waals surface area contributed by atoms with Crippen molar-refractivity contribution in [2.75, 3.05) is 20.8 Å². The fraction of sp³-hybridized carbons (Fsp3) is 0.269. The molecule has 0 spiro atoms. The Morgan fingerprint density at radius 1 is 1.09 bits per heavy atom. The van der Waals surface area contributed by atoms with Gasteiger partial charge in [0.1, 0.15) is 11.4 Å². The Morgan fingerprint density at radius 2 is 1.82 bits per heavy atom. The number of fused-ring (bicyclic) bond motifs is 1. The fourth-order valence-electron chi connectivity index (χ4n) is 3.96. The predicted molar refractivity (Wildman–Crippen MR) is 135 cm³/mol. The van der Waals surface area contributed by atoms with Crippen LogP contribution in [0.2, 0.25) is 0 Å². The first-order valence-corrected chi connectivity index (χ1v) is 11.8. The minimum Gasteiger partial charge on any atom is -0.493 e. The summed E-state index contributed by atoms with van der Waals surface area (Å²) in [5.41, 5.74) is 2.66. The minimum atomic E-state index is -0.198. The van der Waals surface area contributed by atoms with Crippen LogP contribution >= 0.6 is 11.3 Å². The maximum absolute atomic E-state index is 13.3. The number of aryl methyl sites for hydroxylation is 1. The van der Waals surface area contributed by atoms with Crippen LogP contribution in [0.4, 0.5) is 0 Å². The molecule has 176 valence electrons. The summed E-state index contributed by atoms with van der Waals surface area (Å²) >= 11 is 1.50. The van der Waals surface area contributed by atoms with Crippen molar-refractivity contribution in [1.29, 1.82) is 0 Å². The second-order valence-electron chi connectivity index (χ2n) is 7.88. The molecule has 0 unspecified atom stereocenters. The van der Waals surface area contributed by atoms with Gasteiger partial charge in [-0.2, -0.15) is 0 Å². The minimum absolute atomic E-state index is 0.0706. The molecular weight excluding hydrogens is 450 g/mol. The molecule has 0 fully saturated rings. The maximum atomic E-state index is 13.3.